The van der Waals surface area contributed by atoms with Crippen molar-refractivity contribution in [2.45, 2.75) is 12.8 Å². The number of hydrogen-bond donors (Lipinski definition) is 2. The summed E-state index contributed by atoms with van der Waals surface area (Å²) in [7, 11) is 0. The van der Waals surface area contributed by atoms with E-state index < -0.39 is 0 Å². The van der Waals surface area contributed by atoms with Crippen LogP contribution in [0.15, 0.2) is 83.7 Å². The van der Waals surface area contributed by atoms with Crippen molar-refractivity contribution in [2.75, 3.05) is 0 Å². The third-order valence-corrected chi connectivity index (χ3v) is 4.59. The molecule has 0 atom stereocenters. The van der Waals surface area contributed by atoms with Crippen molar-refractivity contribution in [1.82, 2.24) is 15.2 Å². The standard InChI is InChI=1S/C23H19N3O3/c27-19(13-20(28)23-24-15-25-26-23)21-18(12-11-16-7-3-1-4-8-16)14-29-22(21)17-9-5-2-6-10-17/h1-10,13-15,28H,11-12H2,(H,24,25,26). The zero-order valence-electron chi connectivity index (χ0n) is 15.6. The van der Waals surface area contributed by atoms with Crippen LogP contribution >= 0.6 is 0 Å². The Hall–Kier alpha value is -3.93. The van der Waals surface area contributed by atoms with Gasteiger partial charge in [0.15, 0.2) is 11.5 Å². The quantitative estimate of drug-likeness (QED) is 0.275. The average molecular weight is 385 g/mol. The van der Waals surface area contributed by atoms with Crippen molar-refractivity contribution in [3.05, 3.63) is 102 Å². The summed E-state index contributed by atoms with van der Waals surface area (Å²) in [5.41, 5.74) is 3.20. The van der Waals surface area contributed by atoms with Crippen LogP contribution in [0.25, 0.3) is 17.1 Å². The molecular formula is C23H19N3O3. The highest BCUT2D eigenvalue weighted by atomic mass is 16.3. The molecule has 2 heterocycles. The lowest BCUT2D eigenvalue weighted by molar-refractivity contribution is 0.104. The molecule has 2 N–H and O–H groups in total. The van der Waals surface area contributed by atoms with Gasteiger partial charge in [-0.25, -0.2) is 4.98 Å². The van der Waals surface area contributed by atoms with E-state index >= 15 is 0 Å². The summed E-state index contributed by atoms with van der Waals surface area (Å²) < 4.78 is 5.79. The van der Waals surface area contributed by atoms with Gasteiger partial charge in [-0.15, -0.1) is 0 Å². The summed E-state index contributed by atoms with van der Waals surface area (Å²) in [5.74, 6) is -0.111. The highest BCUT2D eigenvalue weighted by Crippen LogP contribution is 2.30. The second-order valence-corrected chi connectivity index (χ2v) is 6.53. The van der Waals surface area contributed by atoms with Crippen LogP contribution in [0.5, 0.6) is 0 Å². The summed E-state index contributed by atoms with van der Waals surface area (Å²) in [4.78, 5) is 16.9. The van der Waals surface area contributed by atoms with Crippen molar-refractivity contribution in [2.24, 2.45) is 0 Å². The van der Waals surface area contributed by atoms with Crippen LogP contribution < -0.4 is 0 Å². The lowest BCUT2D eigenvalue weighted by atomic mass is 9.97. The maximum atomic E-state index is 13.1. The van der Waals surface area contributed by atoms with Gasteiger partial charge in [-0.3, -0.25) is 9.89 Å². The van der Waals surface area contributed by atoms with Crippen LogP contribution in [-0.4, -0.2) is 26.1 Å². The molecule has 2 aromatic heterocycles. The predicted octanol–water partition coefficient (Wildman–Crippen LogP) is 4.63. The molecule has 0 aliphatic rings. The first kappa shape index (κ1) is 18.4. The fourth-order valence-corrected chi connectivity index (χ4v) is 3.17. The third kappa shape index (κ3) is 4.16. The van der Waals surface area contributed by atoms with Gasteiger partial charge in [-0.05, 0) is 18.4 Å². The third-order valence-electron chi connectivity index (χ3n) is 4.59. The second-order valence-electron chi connectivity index (χ2n) is 6.53. The van der Waals surface area contributed by atoms with E-state index in [4.69, 9.17) is 4.42 Å². The summed E-state index contributed by atoms with van der Waals surface area (Å²) in [6, 6.07) is 19.5. The number of aromatic nitrogens is 3. The Balaban J connectivity index is 1.69. The molecule has 6 nitrogen and oxygen atoms in total. The molecule has 0 bridgehead atoms. The number of carbonyl (C=O) groups excluding carboxylic acids is 1. The lowest BCUT2D eigenvalue weighted by Crippen LogP contribution is -2.03. The molecule has 0 aliphatic carbocycles. The minimum atomic E-state index is -0.358. The molecule has 0 amide bonds. The van der Waals surface area contributed by atoms with Gasteiger partial charge in [0.25, 0.3) is 0 Å². The minimum Gasteiger partial charge on any atom is -0.504 e. The number of rotatable bonds is 7. The Morgan fingerprint density at radius 2 is 1.76 bits per heavy atom. The summed E-state index contributed by atoms with van der Waals surface area (Å²) >= 11 is 0. The Labute approximate surface area is 167 Å². The van der Waals surface area contributed by atoms with Crippen LogP contribution in [0.4, 0.5) is 0 Å². The number of benzene rings is 2. The van der Waals surface area contributed by atoms with Gasteiger partial charge in [0.1, 0.15) is 12.1 Å². The number of nitrogens with zero attached hydrogens (tertiary/aromatic N) is 2. The molecule has 29 heavy (non-hydrogen) atoms. The Morgan fingerprint density at radius 3 is 2.45 bits per heavy atom. The first-order valence-corrected chi connectivity index (χ1v) is 9.23. The van der Waals surface area contributed by atoms with Crippen molar-refractivity contribution in [3.8, 4) is 11.3 Å². The van der Waals surface area contributed by atoms with Crippen LogP contribution in [0, 0.1) is 0 Å². The van der Waals surface area contributed by atoms with Gasteiger partial charge in [0, 0.05) is 17.2 Å². The maximum absolute atomic E-state index is 13.1. The molecule has 0 saturated heterocycles. The number of hydrogen-bond acceptors (Lipinski definition) is 5. The van der Waals surface area contributed by atoms with Gasteiger partial charge >= 0.3 is 0 Å². The number of aryl methyl sites for hydroxylation is 2. The molecular weight excluding hydrogens is 366 g/mol. The predicted molar refractivity (Wildman–Crippen MR) is 109 cm³/mol. The SMILES string of the molecule is O=C(C=C(O)c1nc[nH]n1)c1c(CCc2ccccc2)coc1-c1ccccc1. The molecule has 2 aromatic carbocycles. The van der Waals surface area contributed by atoms with Crippen LogP contribution in [-0.2, 0) is 12.8 Å². The van der Waals surface area contributed by atoms with Gasteiger partial charge in [-0.2, -0.15) is 5.10 Å². The molecule has 0 aliphatic heterocycles. The number of allylic oxidation sites excluding steroid dienone is 1. The number of H-pyrrole nitrogens is 1. The largest absolute Gasteiger partial charge is 0.504 e. The van der Waals surface area contributed by atoms with E-state index in [1.165, 1.54) is 11.9 Å². The van der Waals surface area contributed by atoms with Crippen molar-refractivity contribution in [1.29, 1.82) is 0 Å². The summed E-state index contributed by atoms with van der Waals surface area (Å²) in [6.07, 6.45) is 5.49. The highest BCUT2D eigenvalue weighted by molar-refractivity contribution is 6.11. The number of aliphatic hydroxyl groups excluding tert-OH is 1. The van der Waals surface area contributed by atoms with Crippen LogP contribution in [0.2, 0.25) is 0 Å². The second kappa shape index (κ2) is 8.39. The normalized spacial score (nSPS) is 11.5. The summed E-state index contributed by atoms with van der Waals surface area (Å²) in [6.45, 7) is 0. The fraction of sp³-hybridized carbons (Fsp3) is 0.0870. The minimum absolute atomic E-state index is 0.0638. The highest BCUT2D eigenvalue weighted by Gasteiger charge is 2.21. The number of aliphatic hydroxyl groups is 1. The maximum Gasteiger partial charge on any atom is 0.215 e. The Kier molecular flexibility index (Phi) is 5.33. The van der Waals surface area contributed by atoms with Gasteiger partial charge in [0.05, 0.1) is 11.8 Å². The first-order valence-electron chi connectivity index (χ1n) is 9.23. The topological polar surface area (TPSA) is 92.0 Å². The monoisotopic (exact) mass is 385 g/mol. The van der Waals surface area contributed by atoms with E-state index in [1.54, 1.807) is 6.26 Å². The van der Waals surface area contributed by atoms with E-state index in [-0.39, 0.29) is 17.4 Å². The molecule has 6 heteroatoms. The van der Waals surface area contributed by atoms with E-state index in [2.05, 4.69) is 27.3 Å². The number of carbonyl (C=O) groups is 1. The Bertz CT molecular complexity index is 1110. The van der Waals surface area contributed by atoms with E-state index in [0.29, 0.717) is 17.7 Å². The van der Waals surface area contributed by atoms with Crippen LogP contribution in [0.3, 0.4) is 0 Å². The molecule has 0 saturated carbocycles. The van der Waals surface area contributed by atoms with Crippen molar-refractivity contribution < 1.29 is 14.3 Å². The molecule has 144 valence electrons. The zero-order chi connectivity index (χ0) is 20.1. The van der Waals surface area contributed by atoms with Gasteiger partial charge < -0.3 is 9.52 Å². The van der Waals surface area contributed by atoms with E-state index in [0.717, 1.165) is 23.6 Å². The number of ketones is 1. The zero-order valence-corrected chi connectivity index (χ0v) is 15.6. The van der Waals surface area contributed by atoms with Crippen molar-refractivity contribution in [3.63, 3.8) is 0 Å². The molecule has 4 rings (SSSR count). The molecule has 0 fully saturated rings. The fourth-order valence-electron chi connectivity index (χ4n) is 3.17. The van der Waals surface area contributed by atoms with E-state index in [9.17, 15) is 9.90 Å². The number of aromatic amines is 1. The Morgan fingerprint density at radius 1 is 1.03 bits per heavy atom. The summed E-state index contributed by atoms with van der Waals surface area (Å²) in [5, 5.41) is 16.5. The molecule has 0 unspecified atom stereocenters. The molecule has 0 radical (unpaired) electrons. The molecule has 0 spiro atoms. The number of furan rings is 1. The van der Waals surface area contributed by atoms with Crippen LogP contribution in [0.1, 0.15) is 27.3 Å². The molecule has 4 aromatic rings. The smallest absolute Gasteiger partial charge is 0.215 e. The van der Waals surface area contributed by atoms with E-state index in [1.807, 2.05) is 48.5 Å². The van der Waals surface area contributed by atoms with Gasteiger partial charge in [-0.1, -0.05) is 60.7 Å². The average Bonchev–Trinajstić information content (AvgIpc) is 3.44. The lowest BCUT2D eigenvalue weighted by Gasteiger charge is -2.05. The first-order chi connectivity index (χ1) is 14.2. The van der Waals surface area contributed by atoms with Crippen molar-refractivity contribution >= 4 is 11.5 Å². The number of nitrogens with one attached hydrogen (secondary N) is 1. The van der Waals surface area contributed by atoms with Gasteiger partial charge in [0.2, 0.25) is 5.82 Å².